The monoisotopic (exact) mass is 215 g/mol. The molecule has 0 atom stereocenters. The van der Waals surface area contributed by atoms with Gasteiger partial charge in [0.1, 0.15) is 0 Å². The highest BCUT2D eigenvalue weighted by molar-refractivity contribution is 6.50. The van der Waals surface area contributed by atoms with Crippen LogP contribution < -0.4 is 0 Å². The van der Waals surface area contributed by atoms with E-state index in [0.29, 0.717) is 0 Å². The van der Waals surface area contributed by atoms with Crippen molar-refractivity contribution in [3.63, 3.8) is 0 Å². The highest BCUT2D eigenvalue weighted by Gasteiger charge is 2.20. The van der Waals surface area contributed by atoms with Gasteiger partial charge in [-0.15, -0.1) is 6.58 Å². The summed E-state index contributed by atoms with van der Waals surface area (Å²) in [6, 6.07) is 0. The first-order chi connectivity index (χ1) is 6.06. The maximum absolute atomic E-state index is 9.75. The Morgan fingerprint density at radius 3 is 1.71 bits per heavy atom. The molecule has 0 unspecified atom stereocenters. The van der Waals surface area contributed by atoms with Crippen LogP contribution in [-0.2, 0) is 0 Å². The highest BCUT2D eigenvalue weighted by Crippen LogP contribution is 2.06. The summed E-state index contributed by atoms with van der Waals surface area (Å²) in [5.41, 5.74) is 0. The van der Waals surface area contributed by atoms with Crippen LogP contribution in [-0.4, -0.2) is 39.4 Å². The third-order valence-electron chi connectivity index (χ3n) is 1.24. The van der Waals surface area contributed by atoms with E-state index in [2.05, 4.69) is 27.7 Å². The molecule has 0 aliphatic rings. The van der Waals surface area contributed by atoms with Gasteiger partial charge in [-0.1, -0.05) is 6.08 Å². The average Bonchev–Trinajstić information content (AvgIpc) is 1.80. The molecule has 0 aromatic rings. The van der Waals surface area contributed by atoms with Crippen molar-refractivity contribution in [2.45, 2.75) is 12.8 Å². The smallest absolute Gasteiger partial charge is 0.418 e. The Labute approximate surface area is 83.1 Å². The summed E-state index contributed by atoms with van der Waals surface area (Å²) in [5.74, 6) is 0. The second-order valence-electron chi connectivity index (χ2n) is 3.94. The van der Waals surface area contributed by atoms with Crippen LogP contribution in [0.15, 0.2) is 12.7 Å². The van der Waals surface area contributed by atoms with Gasteiger partial charge in [-0.05, 0) is 12.8 Å². The van der Waals surface area contributed by atoms with Crippen LogP contribution in [0.3, 0.4) is 0 Å². The third kappa shape index (κ3) is 42.0. The van der Waals surface area contributed by atoms with Gasteiger partial charge in [-0.25, -0.2) is 0 Å². The van der Waals surface area contributed by atoms with E-state index in [1.807, 2.05) is 6.08 Å². The zero-order valence-corrected chi connectivity index (χ0v) is 8.94. The fourth-order valence-corrected chi connectivity index (χ4v) is 0.710. The van der Waals surface area contributed by atoms with Crippen LogP contribution >= 0.6 is 0 Å². The number of unbranched alkanes of at least 4 members (excludes halogenated alkanes) is 1. The predicted molar refractivity (Wildman–Crippen MR) is 52.5 cm³/mol. The molecule has 0 rings (SSSR count). The van der Waals surface area contributed by atoms with E-state index in [-0.39, 0.29) is 0 Å². The van der Waals surface area contributed by atoms with Crippen molar-refractivity contribution in [1.29, 1.82) is 0 Å². The van der Waals surface area contributed by atoms with Gasteiger partial charge in [0.2, 0.25) is 0 Å². The minimum atomic E-state index is -6.00. The second kappa shape index (κ2) is 6.87. The van der Waals surface area contributed by atoms with E-state index in [4.69, 9.17) is 0 Å². The third-order valence-corrected chi connectivity index (χ3v) is 1.24. The van der Waals surface area contributed by atoms with Crippen LogP contribution in [0.25, 0.3) is 0 Å². The molecule has 6 heteroatoms. The number of nitrogens with zero attached hydrogens (tertiary/aromatic N) is 1. The summed E-state index contributed by atoms with van der Waals surface area (Å²) < 4.78 is 40.1. The summed E-state index contributed by atoms with van der Waals surface area (Å²) in [7, 11) is 0.634. The number of rotatable bonds is 4. The number of halogens is 4. The number of hydrogen-bond acceptors (Lipinski definition) is 0. The Morgan fingerprint density at radius 1 is 1.14 bits per heavy atom. The summed E-state index contributed by atoms with van der Waals surface area (Å²) in [4.78, 5) is 0. The lowest BCUT2D eigenvalue weighted by atomic mass is 10.3. The molecule has 0 saturated heterocycles. The van der Waals surface area contributed by atoms with Gasteiger partial charge in [0.15, 0.2) is 0 Å². The maximum atomic E-state index is 9.75. The molecule has 0 aromatic heterocycles. The van der Waals surface area contributed by atoms with Gasteiger partial charge < -0.3 is 21.7 Å². The van der Waals surface area contributed by atoms with Gasteiger partial charge in [0.05, 0.1) is 27.7 Å². The molecule has 14 heavy (non-hydrogen) atoms. The quantitative estimate of drug-likeness (QED) is 0.222. The topological polar surface area (TPSA) is 0 Å². The van der Waals surface area contributed by atoms with Crippen molar-refractivity contribution < 1.29 is 21.7 Å². The minimum Gasteiger partial charge on any atom is -0.418 e. The van der Waals surface area contributed by atoms with E-state index >= 15 is 0 Å². The molecule has 0 saturated carbocycles. The fraction of sp³-hybridized carbons (Fsp3) is 0.750. The first-order valence-electron chi connectivity index (χ1n) is 4.35. The van der Waals surface area contributed by atoms with Crippen molar-refractivity contribution in [3.05, 3.63) is 12.7 Å². The fourth-order valence-electron chi connectivity index (χ4n) is 0.710. The van der Waals surface area contributed by atoms with E-state index in [9.17, 15) is 17.3 Å². The molecule has 0 radical (unpaired) electrons. The summed E-state index contributed by atoms with van der Waals surface area (Å²) in [6.45, 7) is 4.92. The Morgan fingerprint density at radius 2 is 1.50 bits per heavy atom. The van der Waals surface area contributed by atoms with Crippen LogP contribution in [0.4, 0.5) is 17.3 Å². The Balaban J connectivity index is 0. The van der Waals surface area contributed by atoms with Crippen LogP contribution in [0.5, 0.6) is 0 Å². The molecular weight excluding hydrogens is 197 g/mol. The molecule has 86 valence electrons. The largest absolute Gasteiger partial charge is 0.673 e. The van der Waals surface area contributed by atoms with Crippen LogP contribution in [0.2, 0.25) is 0 Å². The van der Waals surface area contributed by atoms with Crippen molar-refractivity contribution in [2.24, 2.45) is 0 Å². The van der Waals surface area contributed by atoms with Crippen molar-refractivity contribution in [1.82, 2.24) is 0 Å². The highest BCUT2D eigenvalue weighted by atomic mass is 19.5. The van der Waals surface area contributed by atoms with Gasteiger partial charge >= 0.3 is 7.25 Å². The Hall–Kier alpha value is -0.515. The lowest BCUT2D eigenvalue weighted by Crippen LogP contribution is -2.35. The first-order valence-corrected chi connectivity index (χ1v) is 4.35. The maximum Gasteiger partial charge on any atom is 0.673 e. The molecule has 0 fully saturated rings. The second-order valence-corrected chi connectivity index (χ2v) is 3.94. The lowest BCUT2D eigenvalue weighted by molar-refractivity contribution is -0.870. The summed E-state index contributed by atoms with van der Waals surface area (Å²) in [5, 5.41) is 0. The van der Waals surface area contributed by atoms with Gasteiger partial charge in [0.25, 0.3) is 0 Å². The number of hydrogen-bond donors (Lipinski definition) is 0. The van der Waals surface area contributed by atoms with Crippen molar-refractivity contribution in [2.75, 3.05) is 27.7 Å². The van der Waals surface area contributed by atoms with E-state index in [1.54, 1.807) is 0 Å². The molecule has 0 aromatic carbocycles. The van der Waals surface area contributed by atoms with Crippen LogP contribution in [0.1, 0.15) is 12.8 Å². The zero-order valence-electron chi connectivity index (χ0n) is 8.94. The summed E-state index contributed by atoms with van der Waals surface area (Å²) >= 11 is 0. The minimum absolute atomic E-state index is 1.06. The SMILES string of the molecule is C=CCCC[N+](C)(C)C.F[B-](F)(F)F. The standard InChI is InChI=1S/C8H18N.BF4/c1-5-6-7-8-9(2,3)4;2-1(3,4)5/h5H,1,6-8H2,2-4H3;/q+1;-1. The Kier molecular flexibility index (Phi) is 7.82. The van der Waals surface area contributed by atoms with Crippen LogP contribution in [0, 0.1) is 0 Å². The van der Waals surface area contributed by atoms with Gasteiger partial charge in [0, 0.05) is 0 Å². The number of quaternary nitrogens is 1. The molecule has 0 aliphatic carbocycles. The van der Waals surface area contributed by atoms with E-state index < -0.39 is 7.25 Å². The molecule has 0 spiro atoms. The van der Waals surface area contributed by atoms with Gasteiger partial charge in [-0.2, -0.15) is 0 Å². The molecular formula is C8H18BF4N. The molecule has 0 heterocycles. The first kappa shape index (κ1) is 15.9. The lowest BCUT2D eigenvalue weighted by Gasteiger charge is -2.23. The zero-order chi connectivity index (χ0) is 11.8. The van der Waals surface area contributed by atoms with Crippen molar-refractivity contribution >= 4 is 7.25 Å². The molecule has 0 aliphatic heterocycles. The normalized spacial score (nSPS) is 11.6. The van der Waals surface area contributed by atoms with E-state index in [1.165, 1.54) is 13.0 Å². The van der Waals surface area contributed by atoms with Gasteiger partial charge in [-0.3, -0.25) is 0 Å². The predicted octanol–water partition coefficient (Wildman–Crippen LogP) is 2.96. The molecule has 0 N–H and O–H groups in total. The molecule has 0 bridgehead atoms. The molecule has 0 amide bonds. The summed E-state index contributed by atoms with van der Waals surface area (Å²) in [6.07, 6.45) is 4.39. The number of allylic oxidation sites excluding steroid dienone is 1. The van der Waals surface area contributed by atoms with E-state index in [0.717, 1.165) is 10.9 Å². The molecule has 1 nitrogen and oxygen atoms in total. The average molecular weight is 215 g/mol. The Bertz CT molecular complexity index is 144. The van der Waals surface area contributed by atoms with Crippen molar-refractivity contribution in [3.8, 4) is 0 Å².